The van der Waals surface area contributed by atoms with E-state index in [9.17, 15) is 13.5 Å². The van der Waals surface area contributed by atoms with E-state index in [4.69, 9.17) is 0 Å². The second kappa shape index (κ2) is 12.1. The van der Waals surface area contributed by atoms with Crippen LogP contribution in [-0.4, -0.2) is 42.7 Å². The molecule has 2 aromatic carbocycles. The van der Waals surface area contributed by atoms with Crippen LogP contribution < -0.4 is 15.4 Å². The first-order valence-corrected chi connectivity index (χ1v) is 13.0. The third kappa shape index (κ3) is 7.50. The van der Waals surface area contributed by atoms with Crippen molar-refractivity contribution < 1.29 is 13.5 Å². The molecule has 33 heavy (non-hydrogen) atoms. The van der Waals surface area contributed by atoms with Crippen LogP contribution in [0.1, 0.15) is 25.3 Å². The van der Waals surface area contributed by atoms with Crippen LogP contribution in [0.3, 0.4) is 0 Å². The lowest BCUT2D eigenvalue weighted by Gasteiger charge is -2.16. The summed E-state index contributed by atoms with van der Waals surface area (Å²) in [7, 11) is -3.58. The van der Waals surface area contributed by atoms with Crippen LogP contribution in [0.2, 0.25) is 0 Å². The fourth-order valence-corrected chi connectivity index (χ4v) is 4.45. The van der Waals surface area contributed by atoms with Gasteiger partial charge in [-0.1, -0.05) is 37.3 Å². The van der Waals surface area contributed by atoms with E-state index in [1.807, 2.05) is 37.3 Å². The van der Waals surface area contributed by atoms with Gasteiger partial charge >= 0.3 is 0 Å². The first-order chi connectivity index (χ1) is 15.9. The largest absolute Gasteiger partial charge is 0.394 e. The number of halogens is 1. The average Bonchev–Trinajstić information content (AvgIpc) is 2.83. The van der Waals surface area contributed by atoms with Crippen molar-refractivity contribution in [3.05, 3.63) is 70.8 Å². The van der Waals surface area contributed by atoms with E-state index in [-0.39, 0.29) is 17.5 Å². The predicted molar refractivity (Wildman–Crippen MR) is 134 cm³/mol. The van der Waals surface area contributed by atoms with Crippen LogP contribution >= 0.6 is 15.9 Å². The van der Waals surface area contributed by atoms with Gasteiger partial charge in [0.15, 0.2) is 0 Å². The lowest BCUT2D eigenvalue weighted by Crippen LogP contribution is -2.25. The molecule has 0 aliphatic rings. The second-order valence-electron chi connectivity index (χ2n) is 7.46. The summed E-state index contributed by atoms with van der Waals surface area (Å²) in [6.07, 6.45) is 3.88. The molecule has 3 aromatic rings. The molecule has 0 saturated heterocycles. The molecule has 1 heterocycles. The minimum Gasteiger partial charge on any atom is -0.394 e. The molecule has 0 spiro atoms. The summed E-state index contributed by atoms with van der Waals surface area (Å²) in [4.78, 5) is 8.86. The minimum absolute atomic E-state index is 0.00800. The Morgan fingerprint density at radius 2 is 1.82 bits per heavy atom. The maximum atomic E-state index is 12.6. The maximum absolute atomic E-state index is 12.6. The Morgan fingerprint density at radius 1 is 1.09 bits per heavy atom. The fraction of sp³-hybridized carbons (Fsp3) is 0.304. The molecule has 0 radical (unpaired) electrons. The van der Waals surface area contributed by atoms with Gasteiger partial charge < -0.3 is 15.7 Å². The van der Waals surface area contributed by atoms with Gasteiger partial charge in [-0.15, -0.1) is 0 Å². The van der Waals surface area contributed by atoms with E-state index in [0.29, 0.717) is 28.5 Å². The Hall–Kier alpha value is -2.53. The van der Waals surface area contributed by atoms with Crippen molar-refractivity contribution in [2.24, 2.45) is 0 Å². The van der Waals surface area contributed by atoms with Gasteiger partial charge in [-0.3, -0.25) is 0 Å². The number of nitrogens with one attached hydrogen (secondary N) is 3. The van der Waals surface area contributed by atoms with Crippen molar-refractivity contribution in [1.82, 2.24) is 14.7 Å². The third-order valence-corrected chi connectivity index (χ3v) is 7.05. The monoisotopic (exact) mass is 533 g/mol. The zero-order valence-electron chi connectivity index (χ0n) is 18.3. The molecule has 10 heteroatoms. The Bertz CT molecular complexity index is 1120. The number of aromatic nitrogens is 2. The molecule has 0 bridgehead atoms. The zero-order chi connectivity index (χ0) is 23.7. The van der Waals surface area contributed by atoms with Crippen molar-refractivity contribution >= 4 is 43.4 Å². The van der Waals surface area contributed by atoms with E-state index < -0.39 is 10.0 Å². The SMILES string of the molecule is CC[C@H](CO)Nc1nc(Nc2ccc(S(=O)(=O)NCCCc3ccccc3)cc2)ncc1Br. The van der Waals surface area contributed by atoms with Gasteiger partial charge in [-0.2, -0.15) is 4.98 Å². The molecule has 0 saturated carbocycles. The number of benzene rings is 2. The fourth-order valence-electron chi connectivity index (χ4n) is 3.07. The number of anilines is 3. The molecule has 0 unspecified atom stereocenters. The average molecular weight is 534 g/mol. The van der Waals surface area contributed by atoms with E-state index >= 15 is 0 Å². The summed E-state index contributed by atoms with van der Waals surface area (Å²) >= 11 is 3.40. The van der Waals surface area contributed by atoms with Crippen LogP contribution in [0.5, 0.6) is 0 Å². The first kappa shape index (κ1) is 25.1. The normalized spacial score (nSPS) is 12.3. The number of hydrogen-bond donors (Lipinski definition) is 4. The minimum atomic E-state index is -3.58. The summed E-state index contributed by atoms with van der Waals surface area (Å²) in [6.45, 7) is 2.33. The molecular weight excluding hydrogens is 506 g/mol. The number of aryl methyl sites for hydroxylation is 1. The highest BCUT2D eigenvalue weighted by atomic mass is 79.9. The molecular formula is C23H28BrN5O3S. The van der Waals surface area contributed by atoms with Gasteiger partial charge in [0.05, 0.1) is 22.0 Å². The van der Waals surface area contributed by atoms with Crippen LogP contribution in [0, 0.1) is 0 Å². The van der Waals surface area contributed by atoms with Gasteiger partial charge in [0.1, 0.15) is 5.82 Å². The van der Waals surface area contributed by atoms with Crippen molar-refractivity contribution in [3.63, 3.8) is 0 Å². The van der Waals surface area contributed by atoms with Gasteiger partial charge in [0.2, 0.25) is 16.0 Å². The van der Waals surface area contributed by atoms with Gasteiger partial charge in [-0.05, 0) is 65.0 Å². The van der Waals surface area contributed by atoms with Crippen LogP contribution in [0.4, 0.5) is 17.5 Å². The Balaban J connectivity index is 1.58. The molecule has 0 amide bonds. The van der Waals surface area contributed by atoms with Gasteiger partial charge in [0, 0.05) is 18.4 Å². The van der Waals surface area contributed by atoms with Gasteiger partial charge in [0.25, 0.3) is 0 Å². The Kier molecular flexibility index (Phi) is 9.19. The van der Waals surface area contributed by atoms with Crippen molar-refractivity contribution in [2.75, 3.05) is 23.8 Å². The van der Waals surface area contributed by atoms with Crippen LogP contribution in [0.25, 0.3) is 0 Å². The summed E-state index contributed by atoms with van der Waals surface area (Å²) in [5, 5.41) is 15.6. The molecule has 4 N–H and O–H groups in total. The maximum Gasteiger partial charge on any atom is 0.240 e. The zero-order valence-corrected chi connectivity index (χ0v) is 20.7. The molecule has 0 aliphatic carbocycles. The van der Waals surface area contributed by atoms with Crippen LogP contribution in [-0.2, 0) is 16.4 Å². The number of aliphatic hydroxyl groups excluding tert-OH is 1. The number of sulfonamides is 1. The lowest BCUT2D eigenvalue weighted by atomic mass is 10.1. The lowest BCUT2D eigenvalue weighted by molar-refractivity contribution is 0.271. The summed E-state index contributed by atoms with van der Waals surface area (Å²) < 4.78 is 28.5. The predicted octanol–water partition coefficient (Wildman–Crippen LogP) is 4.08. The number of aliphatic hydroxyl groups is 1. The molecule has 8 nitrogen and oxygen atoms in total. The number of nitrogens with zero attached hydrogens (tertiary/aromatic N) is 2. The standard InChI is InChI=1S/C23H28BrN5O3S/c1-2-18(16-30)27-22-21(24)15-25-23(29-22)28-19-10-12-20(13-11-19)33(31,32)26-14-6-9-17-7-4-3-5-8-17/h3-5,7-8,10-13,15,18,26,30H,2,6,9,14,16H2,1H3,(H2,25,27,28,29)/t18-/m1/s1. The molecule has 3 rings (SSSR count). The van der Waals surface area contributed by atoms with E-state index in [1.165, 1.54) is 5.56 Å². The summed E-state index contributed by atoms with van der Waals surface area (Å²) in [5.74, 6) is 0.912. The second-order valence-corrected chi connectivity index (χ2v) is 10.1. The molecule has 0 aliphatic heterocycles. The summed E-state index contributed by atoms with van der Waals surface area (Å²) in [5.41, 5.74) is 1.84. The smallest absolute Gasteiger partial charge is 0.240 e. The van der Waals surface area contributed by atoms with E-state index in [1.54, 1.807) is 30.5 Å². The third-order valence-electron chi connectivity index (χ3n) is 5.00. The van der Waals surface area contributed by atoms with Crippen LogP contribution in [0.15, 0.2) is 70.2 Å². The molecule has 176 valence electrons. The van der Waals surface area contributed by atoms with E-state index in [0.717, 1.165) is 19.3 Å². The van der Waals surface area contributed by atoms with E-state index in [2.05, 4.69) is 41.3 Å². The molecule has 1 aromatic heterocycles. The van der Waals surface area contributed by atoms with Crippen molar-refractivity contribution in [1.29, 1.82) is 0 Å². The highest BCUT2D eigenvalue weighted by Crippen LogP contribution is 2.23. The molecule has 1 atom stereocenters. The quantitative estimate of drug-likeness (QED) is 0.259. The number of rotatable bonds is 12. The highest BCUT2D eigenvalue weighted by Gasteiger charge is 2.14. The van der Waals surface area contributed by atoms with Crippen molar-refractivity contribution in [3.8, 4) is 0 Å². The summed E-state index contributed by atoms with van der Waals surface area (Å²) in [6, 6.07) is 16.3. The van der Waals surface area contributed by atoms with Gasteiger partial charge in [-0.25, -0.2) is 18.1 Å². The number of hydrogen-bond acceptors (Lipinski definition) is 7. The Labute approximate surface area is 203 Å². The Morgan fingerprint density at radius 3 is 2.48 bits per heavy atom. The topological polar surface area (TPSA) is 116 Å². The van der Waals surface area contributed by atoms with Crippen molar-refractivity contribution in [2.45, 2.75) is 37.1 Å². The highest BCUT2D eigenvalue weighted by molar-refractivity contribution is 9.10. The first-order valence-electron chi connectivity index (χ1n) is 10.7. The molecule has 0 fully saturated rings.